The van der Waals surface area contributed by atoms with Crippen molar-refractivity contribution in [2.24, 2.45) is 0 Å². The molecule has 34 heavy (non-hydrogen) atoms. The number of piperidine rings is 2. The first-order valence-electron chi connectivity index (χ1n) is 12.4. The second-order valence-corrected chi connectivity index (χ2v) is 10.9. The molecule has 4 heterocycles. The Hall–Kier alpha value is -2.39. The Balaban J connectivity index is 1.21. The molecule has 1 aromatic rings. The summed E-state index contributed by atoms with van der Waals surface area (Å²) in [4.78, 5) is 35.3. The molecule has 9 heteroatoms. The minimum atomic E-state index is -1.03. The molecule has 1 unspecified atom stereocenters. The Morgan fingerprint density at radius 2 is 1.82 bits per heavy atom. The molecule has 0 aliphatic carbocycles. The van der Waals surface area contributed by atoms with E-state index in [1.807, 2.05) is 50.2 Å². The predicted molar refractivity (Wildman–Crippen MR) is 128 cm³/mol. The highest BCUT2D eigenvalue weighted by atomic mass is 16.6. The summed E-state index contributed by atoms with van der Waals surface area (Å²) in [6, 6.07) is 4.25. The topological polar surface area (TPSA) is 95.4 Å². The maximum atomic E-state index is 12.6. The van der Waals surface area contributed by atoms with Gasteiger partial charge in [-0.05, 0) is 58.6 Å². The van der Waals surface area contributed by atoms with Gasteiger partial charge in [0.05, 0.1) is 18.6 Å². The smallest absolute Gasteiger partial charge is 0.410 e. The van der Waals surface area contributed by atoms with Crippen LogP contribution in [0.4, 0.5) is 10.5 Å². The molecule has 1 atom stereocenters. The largest absolute Gasteiger partial charge is 0.460 e. The summed E-state index contributed by atoms with van der Waals surface area (Å²) in [5, 5.41) is 10.8. The molecule has 1 N–H and O–H groups in total. The molecule has 1 amide bonds. The van der Waals surface area contributed by atoms with Gasteiger partial charge in [-0.1, -0.05) is 0 Å². The SMILES string of the molecule is CC(C)(C)OC(=O)CC1(O)CCN(CC2CN(C3CCN(c4ccncc4)CC3)C(=O)O2)CC1. The van der Waals surface area contributed by atoms with E-state index in [0.717, 1.165) is 25.9 Å². The lowest BCUT2D eigenvalue weighted by Crippen LogP contribution is -2.49. The molecule has 0 saturated carbocycles. The highest BCUT2D eigenvalue weighted by molar-refractivity contribution is 5.71. The number of rotatable bonds is 6. The lowest BCUT2D eigenvalue weighted by atomic mass is 9.88. The van der Waals surface area contributed by atoms with Crippen molar-refractivity contribution in [3.05, 3.63) is 24.5 Å². The number of likely N-dealkylation sites (tertiary alicyclic amines) is 1. The van der Waals surface area contributed by atoms with Gasteiger partial charge in [0.15, 0.2) is 0 Å². The minimum absolute atomic E-state index is 0.0164. The van der Waals surface area contributed by atoms with E-state index in [9.17, 15) is 14.7 Å². The Kier molecular flexibility index (Phi) is 7.33. The van der Waals surface area contributed by atoms with Crippen LogP contribution in [0.2, 0.25) is 0 Å². The number of amides is 1. The zero-order valence-corrected chi connectivity index (χ0v) is 20.6. The zero-order valence-electron chi connectivity index (χ0n) is 20.6. The van der Waals surface area contributed by atoms with Crippen LogP contribution in [0.15, 0.2) is 24.5 Å². The van der Waals surface area contributed by atoms with Gasteiger partial charge < -0.3 is 24.4 Å². The molecule has 188 valence electrons. The van der Waals surface area contributed by atoms with Gasteiger partial charge in [-0.15, -0.1) is 0 Å². The average Bonchev–Trinajstić information content (AvgIpc) is 3.14. The maximum Gasteiger partial charge on any atom is 0.410 e. The summed E-state index contributed by atoms with van der Waals surface area (Å²) in [6.45, 7) is 9.89. The summed E-state index contributed by atoms with van der Waals surface area (Å²) in [5.74, 6) is -0.362. The zero-order chi connectivity index (χ0) is 24.3. The second kappa shape index (κ2) is 10.1. The highest BCUT2D eigenvalue weighted by Gasteiger charge is 2.40. The van der Waals surface area contributed by atoms with Crippen LogP contribution in [-0.2, 0) is 14.3 Å². The van der Waals surface area contributed by atoms with E-state index in [1.54, 1.807) is 0 Å². The van der Waals surface area contributed by atoms with Crippen molar-refractivity contribution in [1.29, 1.82) is 0 Å². The van der Waals surface area contributed by atoms with Gasteiger partial charge in [0.2, 0.25) is 0 Å². The van der Waals surface area contributed by atoms with Crippen molar-refractivity contribution >= 4 is 17.7 Å². The molecule has 1 aromatic heterocycles. The molecule has 4 rings (SSSR count). The Morgan fingerprint density at radius 3 is 2.44 bits per heavy atom. The molecule has 3 fully saturated rings. The fourth-order valence-corrected chi connectivity index (χ4v) is 5.19. The van der Waals surface area contributed by atoms with Gasteiger partial charge in [0.1, 0.15) is 11.7 Å². The number of hydrogen-bond donors (Lipinski definition) is 1. The van der Waals surface area contributed by atoms with E-state index in [-0.39, 0.29) is 30.6 Å². The van der Waals surface area contributed by atoms with E-state index >= 15 is 0 Å². The molecule has 0 radical (unpaired) electrons. The molecular formula is C25H38N4O5. The predicted octanol–water partition coefficient (Wildman–Crippen LogP) is 2.43. The number of esters is 1. The van der Waals surface area contributed by atoms with Crippen molar-refractivity contribution < 1.29 is 24.2 Å². The van der Waals surface area contributed by atoms with E-state index in [4.69, 9.17) is 9.47 Å². The number of carbonyl (C=O) groups excluding carboxylic acids is 2. The van der Waals surface area contributed by atoms with Crippen molar-refractivity contribution in [3.63, 3.8) is 0 Å². The molecule has 0 bridgehead atoms. The third-order valence-corrected chi connectivity index (χ3v) is 6.98. The highest BCUT2D eigenvalue weighted by Crippen LogP contribution is 2.29. The quantitative estimate of drug-likeness (QED) is 0.628. The summed E-state index contributed by atoms with van der Waals surface area (Å²) >= 11 is 0. The van der Waals surface area contributed by atoms with Crippen LogP contribution in [0.5, 0.6) is 0 Å². The number of ether oxygens (including phenoxy) is 2. The number of pyridine rings is 1. The monoisotopic (exact) mass is 474 g/mol. The fraction of sp³-hybridized carbons (Fsp3) is 0.720. The van der Waals surface area contributed by atoms with Crippen molar-refractivity contribution in [3.8, 4) is 0 Å². The van der Waals surface area contributed by atoms with Crippen LogP contribution < -0.4 is 4.90 Å². The normalized spacial score (nSPS) is 24.2. The van der Waals surface area contributed by atoms with Crippen LogP contribution in [0, 0.1) is 0 Å². The number of aromatic nitrogens is 1. The minimum Gasteiger partial charge on any atom is -0.460 e. The first-order chi connectivity index (χ1) is 16.1. The van der Waals surface area contributed by atoms with E-state index < -0.39 is 11.2 Å². The van der Waals surface area contributed by atoms with Crippen LogP contribution in [0.3, 0.4) is 0 Å². The number of cyclic esters (lactones) is 1. The number of anilines is 1. The van der Waals surface area contributed by atoms with Crippen molar-refractivity contribution in [2.45, 2.75) is 76.2 Å². The third-order valence-electron chi connectivity index (χ3n) is 6.98. The van der Waals surface area contributed by atoms with Gasteiger partial charge >= 0.3 is 12.1 Å². The number of aliphatic hydroxyl groups is 1. The van der Waals surface area contributed by atoms with E-state index in [2.05, 4.69) is 14.8 Å². The molecule has 0 aromatic carbocycles. The first kappa shape index (κ1) is 24.7. The Labute approximate surface area is 202 Å². The van der Waals surface area contributed by atoms with Crippen LogP contribution in [-0.4, -0.2) is 94.6 Å². The lowest BCUT2D eigenvalue weighted by Gasteiger charge is -2.38. The number of nitrogens with zero attached hydrogens (tertiary/aromatic N) is 4. The standard InChI is InChI=1S/C25H38N4O5/c1-24(2,3)34-22(30)16-25(32)8-14-27(15-9-25)17-21-18-29(23(31)33-21)20-6-12-28(13-7-20)19-4-10-26-11-5-19/h4-5,10-11,20-21,32H,6-9,12-18H2,1-3H3. The molecule has 3 aliphatic rings. The Morgan fingerprint density at radius 1 is 1.18 bits per heavy atom. The van der Waals surface area contributed by atoms with Gasteiger partial charge in [-0.25, -0.2) is 4.79 Å². The lowest BCUT2D eigenvalue weighted by molar-refractivity contribution is -0.162. The average molecular weight is 475 g/mol. The fourth-order valence-electron chi connectivity index (χ4n) is 5.19. The second-order valence-electron chi connectivity index (χ2n) is 10.9. The molecule has 3 saturated heterocycles. The first-order valence-corrected chi connectivity index (χ1v) is 12.4. The van der Waals surface area contributed by atoms with Gasteiger partial charge in [0, 0.05) is 56.8 Å². The van der Waals surface area contributed by atoms with Gasteiger partial charge in [0.25, 0.3) is 0 Å². The summed E-state index contributed by atoms with van der Waals surface area (Å²) in [6.07, 6.45) is 6.10. The maximum absolute atomic E-state index is 12.6. The van der Waals surface area contributed by atoms with Crippen LogP contribution >= 0.6 is 0 Å². The van der Waals surface area contributed by atoms with Crippen LogP contribution in [0.25, 0.3) is 0 Å². The van der Waals surface area contributed by atoms with E-state index in [1.165, 1.54) is 5.69 Å². The number of hydrogen-bond acceptors (Lipinski definition) is 8. The third kappa shape index (κ3) is 6.39. The van der Waals surface area contributed by atoms with Crippen molar-refractivity contribution in [2.75, 3.05) is 44.2 Å². The van der Waals surface area contributed by atoms with Gasteiger partial charge in [-0.3, -0.25) is 14.7 Å². The summed E-state index contributed by atoms with van der Waals surface area (Å²) in [5.41, 5.74) is -0.408. The molecule has 0 spiro atoms. The van der Waals surface area contributed by atoms with Crippen LogP contribution in [0.1, 0.15) is 52.9 Å². The summed E-state index contributed by atoms with van der Waals surface area (Å²) < 4.78 is 11.1. The van der Waals surface area contributed by atoms with Gasteiger partial charge in [-0.2, -0.15) is 0 Å². The van der Waals surface area contributed by atoms with Crippen molar-refractivity contribution in [1.82, 2.24) is 14.8 Å². The molecule has 3 aliphatic heterocycles. The van der Waals surface area contributed by atoms with E-state index in [0.29, 0.717) is 39.0 Å². The number of carbonyl (C=O) groups is 2. The molecular weight excluding hydrogens is 436 g/mol. The molecule has 9 nitrogen and oxygen atoms in total. The Bertz CT molecular complexity index is 843. The summed E-state index contributed by atoms with van der Waals surface area (Å²) in [7, 11) is 0.